The highest BCUT2D eigenvalue weighted by molar-refractivity contribution is 8.14. The van der Waals surface area contributed by atoms with Gasteiger partial charge in [-0.2, -0.15) is 9.28 Å². The molecule has 1 fully saturated rings. The Balaban J connectivity index is 2.38. The minimum Gasteiger partial charge on any atom is -0.435 e. The van der Waals surface area contributed by atoms with Gasteiger partial charge in [0.1, 0.15) is 6.04 Å². The van der Waals surface area contributed by atoms with Crippen LogP contribution in [-0.4, -0.2) is 50.3 Å². The Bertz CT molecular complexity index is 720. The van der Waals surface area contributed by atoms with Crippen molar-refractivity contribution < 1.29 is 28.8 Å². The largest absolute Gasteiger partial charge is 0.521 e. The Morgan fingerprint density at radius 1 is 1.19 bits per heavy atom. The van der Waals surface area contributed by atoms with Crippen molar-refractivity contribution in [1.29, 1.82) is 0 Å². The molecule has 1 aliphatic heterocycles. The van der Waals surface area contributed by atoms with Crippen molar-refractivity contribution in [2.75, 3.05) is 6.54 Å². The summed E-state index contributed by atoms with van der Waals surface area (Å²) < 4.78 is -0.668. The van der Waals surface area contributed by atoms with E-state index in [1.165, 1.54) is 6.92 Å². The molecule has 0 aliphatic carbocycles. The van der Waals surface area contributed by atoms with E-state index in [1.807, 2.05) is 0 Å². The molecular weight excluding hydrogens is 354 g/mol. The summed E-state index contributed by atoms with van der Waals surface area (Å²) in [6.45, 7) is 4.86. The summed E-state index contributed by atoms with van der Waals surface area (Å²) in [4.78, 5) is 49.8. The van der Waals surface area contributed by atoms with E-state index in [0.717, 1.165) is 11.8 Å². The number of nitrogens with zero attached hydrogens (tertiary/aromatic N) is 1. The predicted octanol–water partition coefficient (Wildman–Crippen LogP) is 3.36. The number of hydrogen-bond donors (Lipinski definition) is 1. The molecule has 7 heteroatoms. The van der Waals surface area contributed by atoms with Gasteiger partial charge < -0.3 is 5.11 Å². The van der Waals surface area contributed by atoms with Crippen LogP contribution in [0.3, 0.4) is 0 Å². The number of carbonyl (C=O) groups is 4. The van der Waals surface area contributed by atoms with Crippen LogP contribution in [0, 0.1) is 5.92 Å². The van der Waals surface area contributed by atoms with Gasteiger partial charge in [0.2, 0.25) is 0 Å². The Morgan fingerprint density at radius 2 is 1.81 bits per heavy atom. The molecule has 0 radical (unpaired) electrons. The van der Waals surface area contributed by atoms with Crippen molar-refractivity contribution in [2.24, 2.45) is 5.92 Å². The van der Waals surface area contributed by atoms with Gasteiger partial charge in [0.15, 0.2) is 10.9 Å². The molecule has 1 aromatic carbocycles. The van der Waals surface area contributed by atoms with Crippen LogP contribution < -0.4 is 0 Å². The number of rotatable bonds is 5. The van der Waals surface area contributed by atoms with Crippen LogP contribution in [0.15, 0.2) is 30.3 Å². The molecule has 26 heavy (non-hydrogen) atoms. The van der Waals surface area contributed by atoms with E-state index in [-0.39, 0.29) is 23.5 Å². The summed E-state index contributed by atoms with van der Waals surface area (Å²) in [5, 5.41) is 8.54. The van der Waals surface area contributed by atoms with Crippen LogP contribution in [0.1, 0.15) is 44.0 Å². The number of carboxylic acid groups (broad SMARTS) is 1. The van der Waals surface area contributed by atoms with Crippen molar-refractivity contribution in [3.05, 3.63) is 35.9 Å². The van der Waals surface area contributed by atoms with Crippen LogP contribution in [-0.2, 0) is 9.59 Å². The Kier molecular flexibility index (Phi) is 6.36. The quantitative estimate of drug-likeness (QED) is 0.624. The van der Waals surface area contributed by atoms with Gasteiger partial charge in [-0.1, -0.05) is 42.1 Å². The Labute approximate surface area is 157 Å². The van der Waals surface area contributed by atoms with E-state index in [4.69, 9.17) is 0 Å². The molecule has 1 aliphatic rings. The third kappa shape index (κ3) is 3.73. The molecule has 2 amide bonds. The molecular formula is C19H24NO5S+. The van der Waals surface area contributed by atoms with E-state index in [9.17, 15) is 24.3 Å². The van der Waals surface area contributed by atoms with Crippen LogP contribution >= 0.6 is 11.8 Å². The predicted molar refractivity (Wildman–Crippen MR) is 98.9 cm³/mol. The minimum absolute atomic E-state index is 0.219. The highest BCUT2D eigenvalue weighted by Gasteiger charge is 2.56. The number of thioether (sulfide) groups is 1. The minimum atomic E-state index is -1.19. The zero-order chi connectivity index (χ0) is 19.5. The third-order valence-corrected chi connectivity index (χ3v) is 6.28. The fourth-order valence-electron chi connectivity index (χ4n) is 3.60. The van der Waals surface area contributed by atoms with E-state index in [0.29, 0.717) is 18.4 Å². The van der Waals surface area contributed by atoms with Crippen molar-refractivity contribution in [3.8, 4) is 0 Å². The van der Waals surface area contributed by atoms with Crippen LogP contribution in [0.4, 0.5) is 4.79 Å². The summed E-state index contributed by atoms with van der Waals surface area (Å²) in [5.41, 5.74) is 0.405. The number of Topliss-reactive ketones (excluding diaryl/α,β-unsaturated/α-hetero) is 1. The molecule has 0 saturated carbocycles. The number of hydrogen-bond acceptors (Lipinski definition) is 5. The number of likely N-dealkylation sites (tertiary alicyclic amines) is 1. The number of benzene rings is 1. The number of carbonyl (C=O) groups excluding carboxylic acids is 3. The maximum Gasteiger partial charge on any atom is 0.521 e. The molecule has 2 rings (SSSR count). The number of imide groups is 1. The first-order valence-electron chi connectivity index (χ1n) is 8.64. The molecule has 1 saturated heterocycles. The number of ketones is 1. The molecule has 1 N–H and O–H groups in total. The van der Waals surface area contributed by atoms with Gasteiger partial charge in [-0.15, -0.1) is 0 Å². The maximum absolute atomic E-state index is 13.2. The lowest BCUT2D eigenvalue weighted by Crippen LogP contribution is -2.61. The first-order chi connectivity index (χ1) is 12.2. The van der Waals surface area contributed by atoms with Crippen LogP contribution in [0.5, 0.6) is 0 Å². The van der Waals surface area contributed by atoms with Gasteiger partial charge in [0, 0.05) is 25.3 Å². The molecule has 2 unspecified atom stereocenters. The van der Waals surface area contributed by atoms with Gasteiger partial charge in [-0.25, -0.2) is 4.79 Å². The molecule has 0 aromatic heterocycles. The standard InChI is InChI=1S/C19H23NO5S/c1-12-8-7-11-20(12,19(24)25)18(23)13(2)17(26-14(3)21)16(22)15-9-5-4-6-10-15/h4-6,9-10,12-13,17H,7-8,11H2,1-3H3/p+1/t12?,13?,17-,20-/m0/s1. The van der Waals surface area contributed by atoms with E-state index < -0.39 is 27.7 Å². The van der Waals surface area contributed by atoms with Crippen molar-refractivity contribution in [2.45, 2.75) is 44.9 Å². The SMILES string of the molecule is CC(=O)S[C@H](C(=O)c1ccccc1)C(C)C(=O)[N@+]1(C(=O)O)CCCC1C. The molecule has 140 valence electrons. The summed E-state index contributed by atoms with van der Waals surface area (Å²) >= 11 is 0.797. The first-order valence-corrected chi connectivity index (χ1v) is 9.52. The van der Waals surface area contributed by atoms with E-state index in [2.05, 4.69) is 0 Å². The average Bonchev–Trinajstić information content (AvgIpc) is 3.01. The van der Waals surface area contributed by atoms with Gasteiger partial charge in [-0.05, 0) is 13.8 Å². The van der Waals surface area contributed by atoms with Crippen molar-refractivity contribution in [3.63, 3.8) is 0 Å². The first kappa shape index (κ1) is 20.3. The van der Waals surface area contributed by atoms with Crippen molar-refractivity contribution >= 4 is 34.7 Å². The number of quaternary nitrogens is 1. The lowest BCUT2D eigenvalue weighted by atomic mass is 9.96. The normalized spacial score (nSPS) is 24.7. The summed E-state index contributed by atoms with van der Waals surface area (Å²) in [5.74, 6) is -1.74. The Hall–Kier alpha value is -1.99. The second-order valence-corrected chi connectivity index (χ2v) is 8.07. The topological polar surface area (TPSA) is 88.5 Å². The lowest BCUT2D eigenvalue weighted by Gasteiger charge is -2.33. The molecule has 1 aromatic rings. The third-order valence-electron chi connectivity index (χ3n) is 5.07. The van der Waals surface area contributed by atoms with E-state index in [1.54, 1.807) is 44.2 Å². The summed E-state index contributed by atoms with van der Waals surface area (Å²) in [6, 6.07) is 8.11. The van der Waals surface area contributed by atoms with Crippen LogP contribution in [0.2, 0.25) is 0 Å². The monoisotopic (exact) mass is 378 g/mol. The molecule has 0 bridgehead atoms. The van der Waals surface area contributed by atoms with Gasteiger partial charge in [0.05, 0.1) is 17.7 Å². The smallest absolute Gasteiger partial charge is 0.435 e. The fourth-order valence-corrected chi connectivity index (χ4v) is 4.52. The highest BCUT2D eigenvalue weighted by Crippen LogP contribution is 2.34. The average molecular weight is 378 g/mol. The molecule has 1 heterocycles. The van der Waals surface area contributed by atoms with Gasteiger partial charge in [-0.3, -0.25) is 9.59 Å². The zero-order valence-electron chi connectivity index (χ0n) is 15.2. The van der Waals surface area contributed by atoms with Crippen LogP contribution in [0.25, 0.3) is 0 Å². The second-order valence-electron chi connectivity index (χ2n) is 6.75. The molecule has 6 nitrogen and oxygen atoms in total. The zero-order valence-corrected chi connectivity index (χ0v) is 16.0. The molecule has 0 spiro atoms. The maximum atomic E-state index is 13.2. The second kappa shape index (κ2) is 8.14. The summed E-state index contributed by atoms with van der Waals surface area (Å²) in [6.07, 6.45) is 0.0935. The Morgan fingerprint density at radius 3 is 2.27 bits per heavy atom. The fraction of sp³-hybridized carbons (Fsp3) is 0.474. The molecule has 4 atom stereocenters. The highest BCUT2D eigenvalue weighted by atomic mass is 32.2. The van der Waals surface area contributed by atoms with Gasteiger partial charge >= 0.3 is 12.0 Å². The summed E-state index contributed by atoms with van der Waals surface area (Å²) in [7, 11) is 0. The lowest BCUT2D eigenvalue weighted by molar-refractivity contribution is -0.794. The van der Waals surface area contributed by atoms with Gasteiger partial charge in [0.25, 0.3) is 0 Å². The van der Waals surface area contributed by atoms with E-state index >= 15 is 0 Å². The van der Waals surface area contributed by atoms with Crippen molar-refractivity contribution in [1.82, 2.24) is 0 Å². The number of amides is 2.